The first-order valence-corrected chi connectivity index (χ1v) is 8.85. The maximum absolute atomic E-state index is 13.1. The van der Waals surface area contributed by atoms with E-state index >= 15 is 0 Å². The number of hydrogen-bond acceptors (Lipinski definition) is 4. The van der Waals surface area contributed by atoms with E-state index in [2.05, 4.69) is 0 Å². The van der Waals surface area contributed by atoms with Crippen LogP contribution in [0.25, 0.3) is 10.8 Å². The van der Waals surface area contributed by atoms with Crippen molar-refractivity contribution in [2.24, 2.45) is 0 Å². The SMILES string of the molecule is CCCn1c(O)c(C(=O)Cc2cccc3ccccc23)c(C)c(C#N)c1=O. The Morgan fingerprint density at radius 3 is 2.59 bits per heavy atom. The Morgan fingerprint density at radius 1 is 1.19 bits per heavy atom. The zero-order valence-corrected chi connectivity index (χ0v) is 15.3. The molecule has 0 amide bonds. The lowest BCUT2D eigenvalue weighted by atomic mass is 9.95. The van der Waals surface area contributed by atoms with Crippen LogP contribution in [0.15, 0.2) is 47.3 Å². The van der Waals surface area contributed by atoms with Crippen molar-refractivity contribution in [2.45, 2.75) is 33.2 Å². The molecule has 136 valence electrons. The lowest BCUT2D eigenvalue weighted by molar-refractivity contribution is 0.0988. The average molecular weight is 360 g/mol. The zero-order chi connectivity index (χ0) is 19.6. The van der Waals surface area contributed by atoms with Crippen LogP contribution in [-0.4, -0.2) is 15.5 Å². The second-order valence-corrected chi connectivity index (χ2v) is 6.51. The van der Waals surface area contributed by atoms with Gasteiger partial charge < -0.3 is 5.11 Å². The van der Waals surface area contributed by atoms with Gasteiger partial charge in [-0.15, -0.1) is 0 Å². The molecule has 0 atom stereocenters. The minimum Gasteiger partial charge on any atom is -0.494 e. The number of benzene rings is 2. The van der Waals surface area contributed by atoms with E-state index in [0.717, 1.165) is 20.9 Å². The summed E-state index contributed by atoms with van der Waals surface area (Å²) in [6.07, 6.45) is 0.670. The van der Waals surface area contributed by atoms with Crippen molar-refractivity contribution in [1.29, 1.82) is 5.26 Å². The predicted octanol–water partition coefficient (Wildman–Crippen LogP) is 3.72. The number of rotatable bonds is 5. The topological polar surface area (TPSA) is 83.1 Å². The highest BCUT2D eigenvalue weighted by atomic mass is 16.3. The molecule has 0 aliphatic heterocycles. The number of Topliss-reactive ketones (excluding diaryl/α,β-unsaturated/α-hetero) is 1. The Kier molecular flexibility index (Phi) is 5.09. The van der Waals surface area contributed by atoms with E-state index in [0.29, 0.717) is 6.42 Å². The maximum Gasteiger partial charge on any atom is 0.271 e. The summed E-state index contributed by atoms with van der Waals surface area (Å²) in [5.41, 5.74) is 0.465. The van der Waals surface area contributed by atoms with Crippen molar-refractivity contribution >= 4 is 16.6 Å². The minimum atomic E-state index is -0.559. The van der Waals surface area contributed by atoms with Gasteiger partial charge in [0.2, 0.25) is 5.88 Å². The fraction of sp³-hybridized carbons (Fsp3) is 0.227. The molecule has 0 saturated carbocycles. The normalized spacial score (nSPS) is 10.7. The van der Waals surface area contributed by atoms with Gasteiger partial charge in [0.15, 0.2) is 5.78 Å². The molecule has 5 nitrogen and oxygen atoms in total. The Balaban J connectivity index is 2.13. The maximum atomic E-state index is 13.1. The second kappa shape index (κ2) is 7.46. The smallest absolute Gasteiger partial charge is 0.271 e. The van der Waals surface area contributed by atoms with Crippen LogP contribution >= 0.6 is 0 Å². The van der Waals surface area contributed by atoms with Gasteiger partial charge in [-0.2, -0.15) is 5.26 Å². The summed E-state index contributed by atoms with van der Waals surface area (Å²) < 4.78 is 1.11. The molecule has 0 aliphatic rings. The second-order valence-electron chi connectivity index (χ2n) is 6.51. The summed E-state index contributed by atoms with van der Waals surface area (Å²) in [5.74, 6) is -0.675. The summed E-state index contributed by atoms with van der Waals surface area (Å²) in [5, 5.41) is 22.0. The molecule has 0 bridgehead atoms. The molecule has 5 heteroatoms. The lowest BCUT2D eigenvalue weighted by Crippen LogP contribution is -2.26. The van der Waals surface area contributed by atoms with Crippen LogP contribution in [0, 0.1) is 18.3 Å². The highest BCUT2D eigenvalue weighted by Gasteiger charge is 2.24. The molecule has 3 aromatic rings. The summed E-state index contributed by atoms with van der Waals surface area (Å²) >= 11 is 0. The number of carbonyl (C=O) groups is 1. The molecular formula is C22H20N2O3. The highest BCUT2D eigenvalue weighted by Crippen LogP contribution is 2.26. The fourth-order valence-corrected chi connectivity index (χ4v) is 3.42. The molecule has 0 spiro atoms. The molecule has 0 radical (unpaired) electrons. The molecule has 0 saturated heterocycles. The molecule has 0 unspecified atom stereocenters. The van der Waals surface area contributed by atoms with E-state index < -0.39 is 5.56 Å². The van der Waals surface area contributed by atoms with Crippen molar-refractivity contribution in [1.82, 2.24) is 4.57 Å². The number of fused-ring (bicyclic) bond motifs is 1. The molecule has 1 N–H and O–H groups in total. The van der Waals surface area contributed by atoms with E-state index in [1.54, 1.807) is 0 Å². The molecule has 1 heterocycles. The van der Waals surface area contributed by atoms with Crippen molar-refractivity contribution in [3.05, 3.63) is 75.1 Å². The van der Waals surface area contributed by atoms with Crippen LogP contribution in [-0.2, 0) is 13.0 Å². The molecule has 0 fully saturated rings. The van der Waals surface area contributed by atoms with Gasteiger partial charge in [0.1, 0.15) is 11.6 Å². The molecule has 27 heavy (non-hydrogen) atoms. The number of ketones is 1. The third-order valence-corrected chi connectivity index (χ3v) is 4.76. The van der Waals surface area contributed by atoms with Gasteiger partial charge in [-0.25, -0.2) is 0 Å². The quantitative estimate of drug-likeness (QED) is 0.703. The summed E-state index contributed by atoms with van der Waals surface area (Å²) in [6.45, 7) is 3.63. The van der Waals surface area contributed by atoms with Gasteiger partial charge in [0.25, 0.3) is 5.56 Å². The lowest BCUT2D eigenvalue weighted by Gasteiger charge is -2.15. The summed E-state index contributed by atoms with van der Waals surface area (Å²) in [7, 11) is 0. The van der Waals surface area contributed by atoms with E-state index in [9.17, 15) is 20.0 Å². The summed E-state index contributed by atoms with van der Waals surface area (Å²) in [4.78, 5) is 25.5. The molecule has 3 rings (SSSR count). The highest BCUT2D eigenvalue weighted by molar-refractivity contribution is 6.03. The number of pyridine rings is 1. The van der Waals surface area contributed by atoms with Crippen LogP contribution in [0.4, 0.5) is 0 Å². The Labute approximate surface area is 157 Å². The van der Waals surface area contributed by atoms with Crippen LogP contribution in [0.3, 0.4) is 0 Å². The van der Waals surface area contributed by atoms with Crippen LogP contribution < -0.4 is 5.56 Å². The molecule has 1 aromatic heterocycles. The van der Waals surface area contributed by atoms with Crippen molar-refractivity contribution in [2.75, 3.05) is 0 Å². The number of aromatic hydroxyl groups is 1. The minimum absolute atomic E-state index is 0.0486. The Morgan fingerprint density at radius 2 is 1.89 bits per heavy atom. The third-order valence-electron chi connectivity index (χ3n) is 4.76. The molecule has 0 aliphatic carbocycles. The third kappa shape index (κ3) is 3.22. The Bertz CT molecular complexity index is 1130. The predicted molar refractivity (Wildman–Crippen MR) is 104 cm³/mol. The van der Waals surface area contributed by atoms with Crippen molar-refractivity contribution in [3.63, 3.8) is 0 Å². The van der Waals surface area contributed by atoms with Crippen LogP contribution in [0.2, 0.25) is 0 Å². The molecular weight excluding hydrogens is 340 g/mol. The van der Waals surface area contributed by atoms with Gasteiger partial charge >= 0.3 is 0 Å². The number of carbonyl (C=O) groups excluding carboxylic acids is 1. The van der Waals surface area contributed by atoms with Crippen LogP contribution in [0.1, 0.15) is 40.4 Å². The first-order chi connectivity index (χ1) is 13.0. The first kappa shape index (κ1) is 18.4. The van der Waals surface area contributed by atoms with Crippen molar-refractivity contribution in [3.8, 4) is 11.9 Å². The van der Waals surface area contributed by atoms with Gasteiger partial charge in [0, 0.05) is 13.0 Å². The fourth-order valence-electron chi connectivity index (χ4n) is 3.42. The average Bonchev–Trinajstić information content (AvgIpc) is 2.66. The van der Waals surface area contributed by atoms with Crippen molar-refractivity contribution < 1.29 is 9.90 Å². The first-order valence-electron chi connectivity index (χ1n) is 8.85. The van der Waals surface area contributed by atoms with Gasteiger partial charge in [-0.05, 0) is 35.2 Å². The molecule has 2 aromatic carbocycles. The zero-order valence-electron chi connectivity index (χ0n) is 15.3. The standard InChI is InChI=1S/C22H20N2O3/c1-3-11-24-21(26)18(13-23)14(2)20(22(24)27)19(25)12-16-9-6-8-15-7-4-5-10-17(15)16/h4-10,27H,3,11-12H2,1-2H3. The van der Waals surface area contributed by atoms with Gasteiger partial charge in [-0.1, -0.05) is 49.4 Å². The van der Waals surface area contributed by atoms with Gasteiger partial charge in [-0.3, -0.25) is 14.2 Å². The number of hydrogen-bond donors (Lipinski definition) is 1. The number of nitrogens with zero attached hydrogens (tertiary/aromatic N) is 2. The number of nitriles is 1. The van der Waals surface area contributed by atoms with E-state index in [1.807, 2.05) is 55.5 Å². The monoisotopic (exact) mass is 360 g/mol. The van der Waals surface area contributed by atoms with Gasteiger partial charge in [0.05, 0.1) is 5.56 Å². The number of aromatic nitrogens is 1. The van der Waals surface area contributed by atoms with E-state index in [-0.39, 0.29) is 41.3 Å². The Hall–Kier alpha value is -3.39. The van der Waals surface area contributed by atoms with E-state index in [4.69, 9.17) is 0 Å². The summed E-state index contributed by atoms with van der Waals surface area (Å²) in [6, 6.07) is 15.4. The van der Waals surface area contributed by atoms with Crippen LogP contribution in [0.5, 0.6) is 5.88 Å². The van der Waals surface area contributed by atoms with E-state index in [1.165, 1.54) is 6.92 Å². The largest absolute Gasteiger partial charge is 0.494 e.